The first-order chi connectivity index (χ1) is 9.99. The molecule has 122 valence electrons. The van der Waals surface area contributed by atoms with Gasteiger partial charge in [0.25, 0.3) is 0 Å². The minimum absolute atomic E-state index is 0.143. The van der Waals surface area contributed by atoms with Gasteiger partial charge in [-0.15, -0.1) is 0 Å². The summed E-state index contributed by atoms with van der Waals surface area (Å²) in [5.41, 5.74) is 5.95. The van der Waals surface area contributed by atoms with Gasteiger partial charge in [-0.3, -0.25) is 9.59 Å². The summed E-state index contributed by atoms with van der Waals surface area (Å²) in [5, 5.41) is 0. The van der Waals surface area contributed by atoms with Crippen molar-refractivity contribution in [2.24, 2.45) is 11.7 Å². The number of carbonyl (C=O) groups is 2. The third kappa shape index (κ3) is 5.65. The molecule has 2 atom stereocenters. The molecule has 2 amide bonds. The van der Waals surface area contributed by atoms with Crippen LogP contribution in [0.2, 0.25) is 0 Å². The largest absolute Gasteiger partial charge is 0.343 e. The van der Waals surface area contributed by atoms with Crippen LogP contribution in [0.4, 0.5) is 0 Å². The Kier molecular flexibility index (Phi) is 7.72. The molecule has 0 aromatic heterocycles. The molecule has 1 rings (SSSR count). The molecule has 0 spiro atoms. The number of amides is 2. The zero-order valence-corrected chi connectivity index (χ0v) is 13.8. The van der Waals surface area contributed by atoms with Crippen molar-refractivity contribution in [2.75, 3.05) is 26.2 Å². The lowest BCUT2D eigenvalue weighted by Crippen LogP contribution is -2.45. The van der Waals surface area contributed by atoms with Crippen LogP contribution in [0.25, 0.3) is 0 Å². The van der Waals surface area contributed by atoms with Crippen molar-refractivity contribution < 1.29 is 9.59 Å². The van der Waals surface area contributed by atoms with E-state index in [9.17, 15) is 9.59 Å². The van der Waals surface area contributed by atoms with Gasteiger partial charge in [0, 0.05) is 45.1 Å². The molecule has 2 N–H and O–H groups in total. The Morgan fingerprint density at radius 3 is 2.52 bits per heavy atom. The monoisotopic (exact) mass is 297 g/mol. The molecule has 1 heterocycles. The fourth-order valence-corrected chi connectivity index (χ4v) is 2.95. The van der Waals surface area contributed by atoms with Crippen LogP contribution in [0, 0.1) is 5.92 Å². The minimum Gasteiger partial charge on any atom is -0.343 e. The number of hydrogen-bond acceptors (Lipinski definition) is 3. The van der Waals surface area contributed by atoms with Crippen LogP contribution in [-0.2, 0) is 9.59 Å². The van der Waals surface area contributed by atoms with E-state index < -0.39 is 0 Å². The molecule has 1 saturated heterocycles. The van der Waals surface area contributed by atoms with Crippen molar-refractivity contribution >= 4 is 11.8 Å². The zero-order valence-electron chi connectivity index (χ0n) is 13.8. The summed E-state index contributed by atoms with van der Waals surface area (Å²) in [4.78, 5) is 27.9. The van der Waals surface area contributed by atoms with E-state index >= 15 is 0 Å². The van der Waals surface area contributed by atoms with E-state index in [2.05, 4.69) is 0 Å². The van der Waals surface area contributed by atoms with Gasteiger partial charge in [0.1, 0.15) is 0 Å². The summed E-state index contributed by atoms with van der Waals surface area (Å²) >= 11 is 0. The molecule has 0 saturated carbocycles. The summed E-state index contributed by atoms with van der Waals surface area (Å²) in [6, 6.07) is 0.143. The number of rotatable bonds is 7. The second-order valence-electron chi connectivity index (χ2n) is 6.02. The van der Waals surface area contributed by atoms with Crippen LogP contribution in [0.1, 0.15) is 52.9 Å². The summed E-state index contributed by atoms with van der Waals surface area (Å²) in [6.45, 7) is 9.08. The molecule has 1 aliphatic heterocycles. The van der Waals surface area contributed by atoms with Crippen LogP contribution in [0.15, 0.2) is 0 Å². The average molecular weight is 297 g/mol. The minimum atomic E-state index is 0.143. The first-order valence-electron chi connectivity index (χ1n) is 8.30. The SMILES string of the molecule is CCN(CC)C(=O)CCCC(=O)N1CCCC(C(C)N)C1. The van der Waals surface area contributed by atoms with Gasteiger partial charge >= 0.3 is 0 Å². The third-order valence-corrected chi connectivity index (χ3v) is 4.45. The molecular formula is C16H31N3O2. The Labute approximate surface area is 128 Å². The maximum Gasteiger partial charge on any atom is 0.222 e. The second-order valence-corrected chi connectivity index (χ2v) is 6.02. The highest BCUT2D eigenvalue weighted by Crippen LogP contribution is 2.19. The molecule has 5 heteroatoms. The zero-order chi connectivity index (χ0) is 15.8. The maximum atomic E-state index is 12.2. The normalized spacial score (nSPS) is 20.2. The molecule has 0 aromatic rings. The van der Waals surface area contributed by atoms with Gasteiger partial charge in [-0.05, 0) is 46.0 Å². The van der Waals surface area contributed by atoms with Crippen molar-refractivity contribution in [1.82, 2.24) is 9.80 Å². The number of piperidine rings is 1. The topological polar surface area (TPSA) is 66.6 Å². The molecule has 5 nitrogen and oxygen atoms in total. The Morgan fingerprint density at radius 2 is 1.95 bits per heavy atom. The fraction of sp³-hybridized carbons (Fsp3) is 0.875. The molecule has 21 heavy (non-hydrogen) atoms. The smallest absolute Gasteiger partial charge is 0.222 e. The Hall–Kier alpha value is -1.10. The third-order valence-electron chi connectivity index (χ3n) is 4.45. The summed E-state index contributed by atoms with van der Waals surface area (Å²) in [6.07, 6.45) is 3.74. The Bertz CT molecular complexity index is 340. The second kappa shape index (κ2) is 9.03. The van der Waals surface area contributed by atoms with Gasteiger partial charge in [-0.1, -0.05) is 0 Å². The van der Waals surface area contributed by atoms with Crippen molar-refractivity contribution in [1.29, 1.82) is 0 Å². The standard InChI is InChI=1S/C16H31N3O2/c1-4-18(5-2)15(20)9-6-10-16(21)19-11-7-8-14(12-19)13(3)17/h13-14H,4-12,17H2,1-3H3. The highest BCUT2D eigenvalue weighted by atomic mass is 16.2. The van der Waals surface area contributed by atoms with E-state index in [1.807, 2.05) is 30.6 Å². The van der Waals surface area contributed by atoms with Gasteiger partial charge in [0.15, 0.2) is 0 Å². The van der Waals surface area contributed by atoms with Gasteiger partial charge in [-0.25, -0.2) is 0 Å². The maximum absolute atomic E-state index is 12.2. The Morgan fingerprint density at radius 1 is 1.29 bits per heavy atom. The molecule has 0 bridgehead atoms. The number of nitrogens with zero attached hydrogens (tertiary/aromatic N) is 2. The lowest BCUT2D eigenvalue weighted by molar-refractivity contribution is -0.134. The van der Waals surface area contributed by atoms with Crippen molar-refractivity contribution in [3.63, 3.8) is 0 Å². The van der Waals surface area contributed by atoms with Gasteiger partial charge in [0.2, 0.25) is 11.8 Å². The predicted molar refractivity (Wildman–Crippen MR) is 84.7 cm³/mol. The molecule has 0 aromatic carbocycles. The van der Waals surface area contributed by atoms with Crippen molar-refractivity contribution in [2.45, 2.75) is 58.9 Å². The van der Waals surface area contributed by atoms with E-state index in [0.717, 1.165) is 39.0 Å². The highest BCUT2D eigenvalue weighted by Gasteiger charge is 2.25. The van der Waals surface area contributed by atoms with Crippen LogP contribution in [0.5, 0.6) is 0 Å². The van der Waals surface area contributed by atoms with Crippen molar-refractivity contribution in [3.8, 4) is 0 Å². The van der Waals surface area contributed by atoms with Crippen LogP contribution < -0.4 is 5.73 Å². The number of likely N-dealkylation sites (tertiary alicyclic amines) is 1. The van der Waals surface area contributed by atoms with Gasteiger partial charge in [0.05, 0.1) is 0 Å². The van der Waals surface area contributed by atoms with Gasteiger partial charge in [-0.2, -0.15) is 0 Å². The molecule has 1 aliphatic rings. The quantitative estimate of drug-likeness (QED) is 0.776. The summed E-state index contributed by atoms with van der Waals surface area (Å²) in [7, 11) is 0. The number of carbonyl (C=O) groups excluding carboxylic acids is 2. The molecule has 2 unspecified atom stereocenters. The predicted octanol–water partition coefficient (Wildman–Crippen LogP) is 1.61. The van der Waals surface area contributed by atoms with E-state index in [0.29, 0.717) is 25.2 Å². The first kappa shape index (κ1) is 18.0. The van der Waals surface area contributed by atoms with Crippen LogP contribution >= 0.6 is 0 Å². The molecule has 0 aliphatic carbocycles. The van der Waals surface area contributed by atoms with Gasteiger partial charge < -0.3 is 15.5 Å². The molecule has 1 fully saturated rings. The van der Waals surface area contributed by atoms with Crippen molar-refractivity contribution in [3.05, 3.63) is 0 Å². The molecule has 0 radical (unpaired) electrons. The molecular weight excluding hydrogens is 266 g/mol. The lowest BCUT2D eigenvalue weighted by atomic mass is 9.92. The highest BCUT2D eigenvalue weighted by molar-refractivity contribution is 5.79. The Balaban J connectivity index is 2.32. The number of hydrogen-bond donors (Lipinski definition) is 1. The van der Waals surface area contributed by atoms with E-state index in [1.165, 1.54) is 0 Å². The summed E-state index contributed by atoms with van der Waals surface area (Å²) in [5.74, 6) is 0.743. The van der Waals surface area contributed by atoms with Crippen LogP contribution in [0.3, 0.4) is 0 Å². The number of nitrogens with two attached hydrogens (primary N) is 1. The average Bonchev–Trinajstić information content (AvgIpc) is 2.48. The van der Waals surface area contributed by atoms with E-state index in [4.69, 9.17) is 5.73 Å². The van der Waals surface area contributed by atoms with E-state index in [1.54, 1.807) is 0 Å². The van der Waals surface area contributed by atoms with E-state index in [-0.39, 0.29) is 17.9 Å². The lowest BCUT2D eigenvalue weighted by Gasteiger charge is -2.34. The fourth-order valence-electron chi connectivity index (χ4n) is 2.95. The van der Waals surface area contributed by atoms with Crippen LogP contribution in [-0.4, -0.2) is 53.8 Å². The summed E-state index contributed by atoms with van der Waals surface area (Å²) < 4.78 is 0. The first-order valence-corrected chi connectivity index (χ1v) is 8.30.